The number of aryl methyl sites for hydroxylation is 1. The third-order valence-corrected chi connectivity index (χ3v) is 5.07. The van der Waals surface area contributed by atoms with E-state index < -0.39 is 5.91 Å². The summed E-state index contributed by atoms with van der Waals surface area (Å²) < 4.78 is 1.15. The number of hydrogen-bond acceptors (Lipinski definition) is 7. The molecule has 0 saturated heterocycles. The van der Waals surface area contributed by atoms with Gasteiger partial charge in [-0.25, -0.2) is 15.1 Å². The van der Waals surface area contributed by atoms with Crippen LogP contribution in [0.2, 0.25) is 0 Å². The zero-order valence-corrected chi connectivity index (χ0v) is 16.2. The largest absolute Gasteiger partial charge is 0.349 e. The van der Waals surface area contributed by atoms with E-state index in [0.29, 0.717) is 10.8 Å². The van der Waals surface area contributed by atoms with Gasteiger partial charge in [-0.05, 0) is 19.9 Å². The Morgan fingerprint density at radius 3 is 2.70 bits per heavy atom. The summed E-state index contributed by atoms with van der Waals surface area (Å²) in [6.07, 6.45) is 3.26. The number of rotatable bonds is 6. The van der Waals surface area contributed by atoms with Gasteiger partial charge in [-0.1, -0.05) is 29.5 Å². The topological polar surface area (TPSA) is 92.5 Å². The molecule has 0 radical (unpaired) electrons. The number of thiazole rings is 1. The summed E-state index contributed by atoms with van der Waals surface area (Å²) >= 11 is 1.50. The van der Waals surface area contributed by atoms with E-state index in [1.807, 2.05) is 0 Å². The summed E-state index contributed by atoms with van der Waals surface area (Å²) in [5.41, 5.74) is 2.37. The number of nitrogens with zero attached hydrogens (tertiary/aromatic N) is 5. The van der Waals surface area contributed by atoms with Gasteiger partial charge in [0, 0.05) is 31.7 Å². The molecule has 0 bridgehead atoms. The van der Waals surface area contributed by atoms with Gasteiger partial charge < -0.3 is 4.90 Å². The van der Waals surface area contributed by atoms with Gasteiger partial charge in [-0.15, -0.1) is 0 Å². The molecule has 0 fully saturated rings. The van der Waals surface area contributed by atoms with Crippen molar-refractivity contribution in [3.8, 4) is 0 Å². The lowest BCUT2D eigenvalue weighted by atomic mass is 10.1. The maximum atomic E-state index is 12.5. The number of nitrogens with one attached hydrogen (secondary N) is 1. The number of hydrogen-bond donors (Lipinski definition) is 1. The van der Waals surface area contributed by atoms with E-state index >= 15 is 0 Å². The van der Waals surface area contributed by atoms with Crippen LogP contribution in [0.3, 0.4) is 0 Å². The predicted molar refractivity (Wildman–Crippen MR) is 108 cm³/mol. The number of carbonyl (C=O) groups excluding carboxylic acids is 1. The molecule has 27 heavy (non-hydrogen) atoms. The number of benzene rings is 1. The van der Waals surface area contributed by atoms with Crippen LogP contribution in [0.25, 0.3) is 10.8 Å². The number of aromatic nitrogens is 3. The second-order valence-electron chi connectivity index (χ2n) is 5.74. The monoisotopic (exact) mass is 384 g/mol. The van der Waals surface area contributed by atoms with Gasteiger partial charge in [0.1, 0.15) is 0 Å². The Hall–Kier alpha value is -3.07. The third kappa shape index (κ3) is 3.87. The van der Waals surface area contributed by atoms with Crippen molar-refractivity contribution >= 4 is 39.4 Å². The fraction of sp³-hybridized carbons (Fsp3) is 0.278. The van der Waals surface area contributed by atoms with Crippen molar-refractivity contribution in [2.75, 3.05) is 18.0 Å². The van der Waals surface area contributed by atoms with Crippen LogP contribution in [0, 0.1) is 0 Å². The SMILES string of the molecule is CCN(CC)c1ncc(/C=N/NC(=O)c2nn(C)c(=O)c3ccccc23)s1. The fourth-order valence-corrected chi connectivity index (χ4v) is 3.57. The lowest BCUT2D eigenvalue weighted by Crippen LogP contribution is -2.27. The molecule has 2 heterocycles. The molecule has 9 heteroatoms. The van der Waals surface area contributed by atoms with Crippen molar-refractivity contribution in [2.45, 2.75) is 13.8 Å². The van der Waals surface area contributed by atoms with Crippen molar-refractivity contribution in [3.05, 3.63) is 51.4 Å². The molecule has 0 aliphatic heterocycles. The molecule has 3 rings (SSSR count). The molecule has 0 aliphatic carbocycles. The van der Waals surface area contributed by atoms with Crippen molar-refractivity contribution in [1.82, 2.24) is 20.2 Å². The lowest BCUT2D eigenvalue weighted by molar-refractivity contribution is 0.0950. The highest BCUT2D eigenvalue weighted by Crippen LogP contribution is 2.20. The van der Waals surface area contributed by atoms with Crippen molar-refractivity contribution < 1.29 is 4.79 Å². The quantitative estimate of drug-likeness (QED) is 0.518. The number of carbonyl (C=O) groups is 1. The summed E-state index contributed by atoms with van der Waals surface area (Å²) in [6, 6.07) is 6.88. The lowest BCUT2D eigenvalue weighted by Gasteiger charge is -2.16. The van der Waals surface area contributed by atoms with Crippen LogP contribution >= 0.6 is 11.3 Å². The average Bonchev–Trinajstić information content (AvgIpc) is 3.14. The minimum atomic E-state index is -0.480. The van der Waals surface area contributed by atoms with Crippen LogP contribution in [0.4, 0.5) is 5.13 Å². The summed E-state index contributed by atoms with van der Waals surface area (Å²) in [5, 5.41) is 9.93. The summed E-state index contributed by atoms with van der Waals surface area (Å²) in [6.45, 7) is 5.90. The Kier molecular flexibility index (Phi) is 5.60. The Labute approximate surface area is 160 Å². The van der Waals surface area contributed by atoms with Crippen molar-refractivity contribution in [2.24, 2.45) is 12.1 Å². The highest BCUT2D eigenvalue weighted by Gasteiger charge is 2.15. The van der Waals surface area contributed by atoms with Crippen molar-refractivity contribution in [3.63, 3.8) is 0 Å². The number of hydrazone groups is 1. The van der Waals surface area contributed by atoms with Gasteiger partial charge in [-0.2, -0.15) is 10.2 Å². The van der Waals surface area contributed by atoms with Gasteiger partial charge in [0.2, 0.25) is 0 Å². The van der Waals surface area contributed by atoms with Crippen LogP contribution in [0.1, 0.15) is 29.2 Å². The van der Waals surface area contributed by atoms with E-state index in [2.05, 4.69) is 39.4 Å². The standard InChI is InChI=1S/C18H20N6O2S/c1-4-24(5-2)18-19-10-12(27-18)11-20-21-16(25)15-13-8-6-7-9-14(13)17(26)23(3)22-15/h6-11H,4-5H2,1-3H3,(H,21,25)/b20-11+. The molecular formula is C18H20N6O2S. The molecule has 1 aromatic carbocycles. The Bertz CT molecular complexity index is 1050. The van der Waals surface area contributed by atoms with Gasteiger partial charge >= 0.3 is 0 Å². The first-order valence-electron chi connectivity index (χ1n) is 8.55. The molecule has 1 N–H and O–H groups in total. The minimum absolute atomic E-state index is 0.151. The van der Waals surface area contributed by atoms with Crippen LogP contribution in [-0.4, -0.2) is 40.0 Å². The van der Waals surface area contributed by atoms with Crippen LogP contribution in [-0.2, 0) is 7.05 Å². The van der Waals surface area contributed by atoms with Crippen LogP contribution in [0.5, 0.6) is 0 Å². The number of fused-ring (bicyclic) bond motifs is 1. The predicted octanol–water partition coefficient (Wildman–Crippen LogP) is 2.00. The van der Waals surface area contributed by atoms with Crippen molar-refractivity contribution in [1.29, 1.82) is 0 Å². The molecule has 140 valence electrons. The zero-order valence-electron chi connectivity index (χ0n) is 15.3. The van der Waals surface area contributed by atoms with E-state index in [1.54, 1.807) is 36.7 Å². The fourth-order valence-electron chi connectivity index (χ4n) is 2.65. The molecule has 2 aromatic heterocycles. The maximum Gasteiger partial charge on any atom is 0.292 e. The molecular weight excluding hydrogens is 364 g/mol. The first-order chi connectivity index (χ1) is 13.0. The minimum Gasteiger partial charge on any atom is -0.349 e. The smallest absolute Gasteiger partial charge is 0.292 e. The molecule has 8 nitrogen and oxygen atoms in total. The zero-order chi connectivity index (χ0) is 19.4. The maximum absolute atomic E-state index is 12.5. The number of anilines is 1. The molecule has 1 amide bonds. The van der Waals surface area contributed by atoms with E-state index in [-0.39, 0.29) is 11.3 Å². The van der Waals surface area contributed by atoms with E-state index in [9.17, 15) is 9.59 Å². The van der Waals surface area contributed by atoms with Crippen LogP contribution in [0.15, 0.2) is 40.4 Å². The van der Waals surface area contributed by atoms with Crippen LogP contribution < -0.4 is 15.9 Å². The normalized spacial score (nSPS) is 11.2. The van der Waals surface area contributed by atoms with E-state index in [0.717, 1.165) is 27.8 Å². The van der Waals surface area contributed by atoms with Gasteiger partial charge in [0.05, 0.1) is 16.5 Å². The molecule has 0 saturated carbocycles. The Balaban J connectivity index is 1.79. The first-order valence-corrected chi connectivity index (χ1v) is 9.37. The van der Waals surface area contributed by atoms with E-state index in [1.165, 1.54) is 18.4 Å². The van der Waals surface area contributed by atoms with Gasteiger partial charge in [0.15, 0.2) is 10.8 Å². The highest BCUT2D eigenvalue weighted by atomic mass is 32.1. The first kappa shape index (κ1) is 18.7. The Morgan fingerprint density at radius 2 is 2.00 bits per heavy atom. The summed E-state index contributed by atoms with van der Waals surface area (Å²) in [4.78, 5) is 32.0. The summed E-state index contributed by atoms with van der Waals surface area (Å²) in [7, 11) is 1.51. The molecule has 0 unspecified atom stereocenters. The summed E-state index contributed by atoms with van der Waals surface area (Å²) in [5.74, 6) is -0.480. The number of amides is 1. The molecule has 0 atom stereocenters. The van der Waals surface area contributed by atoms with E-state index in [4.69, 9.17) is 0 Å². The molecule has 0 aliphatic rings. The third-order valence-electron chi connectivity index (χ3n) is 4.07. The highest BCUT2D eigenvalue weighted by molar-refractivity contribution is 7.17. The van der Waals surface area contributed by atoms with Gasteiger partial charge in [-0.3, -0.25) is 9.59 Å². The average molecular weight is 384 g/mol. The second-order valence-corrected chi connectivity index (χ2v) is 6.78. The molecule has 3 aromatic rings. The van der Waals surface area contributed by atoms with Gasteiger partial charge in [0.25, 0.3) is 11.5 Å². The second kappa shape index (κ2) is 8.09. The Morgan fingerprint density at radius 1 is 1.30 bits per heavy atom. The molecule has 0 spiro atoms.